The van der Waals surface area contributed by atoms with Gasteiger partial charge in [-0.25, -0.2) is 14.6 Å². The van der Waals surface area contributed by atoms with Crippen LogP contribution >= 0.6 is 0 Å². The maximum absolute atomic E-state index is 12.8. The zero-order valence-corrected chi connectivity index (χ0v) is 18.9. The average molecular weight is 445 g/mol. The molecule has 2 rings (SSSR count). The lowest BCUT2D eigenvalue weighted by molar-refractivity contribution is -0.147. The SMILES string of the molecule is CCCCCCC(C(=O)OCC)n1cnc(NC(=O)c2cccc(N)c2C(=O)OCC)c1. The van der Waals surface area contributed by atoms with Crippen LogP contribution in [0.15, 0.2) is 30.7 Å². The van der Waals surface area contributed by atoms with Gasteiger partial charge in [-0.2, -0.15) is 0 Å². The van der Waals surface area contributed by atoms with Gasteiger partial charge >= 0.3 is 11.9 Å². The van der Waals surface area contributed by atoms with Gasteiger partial charge in [0.25, 0.3) is 5.91 Å². The third kappa shape index (κ3) is 6.57. The van der Waals surface area contributed by atoms with Crippen molar-refractivity contribution in [2.75, 3.05) is 24.3 Å². The molecule has 32 heavy (non-hydrogen) atoms. The number of nitrogens with two attached hydrogens (primary N) is 1. The van der Waals surface area contributed by atoms with Crippen LogP contribution in [0.1, 0.15) is 79.6 Å². The molecule has 9 heteroatoms. The molecule has 1 amide bonds. The number of carbonyl (C=O) groups excluding carboxylic acids is 3. The van der Waals surface area contributed by atoms with Crippen LogP contribution < -0.4 is 11.1 Å². The predicted molar refractivity (Wildman–Crippen MR) is 121 cm³/mol. The fourth-order valence-electron chi connectivity index (χ4n) is 3.34. The topological polar surface area (TPSA) is 126 Å². The summed E-state index contributed by atoms with van der Waals surface area (Å²) in [7, 11) is 0. The monoisotopic (exact) mass is 444 g/mol. The number of carbonyl (C=O) groups is 3. The molecule has 0 radical (unpaired) electrons. The quantitative estimate of drug-likeness (QED) is 0.288. The van der Waals surface area contributed by atoms with E-state index in [1.807, 2.05) is 0 Å². The lowest BCUT2D eigenvalue weighted by Crippen LogP contribution is -2.21. The number of benzene rings is 1. The van der Waals surface area contributed by atoms with Crippen LogP contribution in [-0.4, -0.2) is 40.6 Å². The van der Waals surface area contributed by atoms with Gasteiger partial charge in [0.1, 0.15) is 6.04 Å². The van der Waals surface area contributed by atoms with Gasteiger partial charge in [-0.05, 0) is 32.4 Å². The Balaban J connectivity index is 2.19. The van der Waals surface area contributed by atoms with E-state index in [4.69, 9.17) is 15.2 Å². The number of anilines is 2. The van der Waals surface area contributed by atoms with Crippen LogP contribution in [0.4, 0.5) is 11.5 Å². The second-order valence-electron chi connectivity index (χ2n) is 7.27. The summed E-state index contributed by atoms with van der Waals surface area (Å²) in [5.74, 6) is -1.31. The van der Waals surface area contributed by atoms with Gasteiger partial charge in [0.05, 0.1) is 30.7 Å². The molecule has 0 aliphatic heterocycles. The van der Waals surface area contributed by atoms with Crippen molar-refractivity contribution in [2.45, 2.75) is 58.9 Å². The second-order valence-corrected chi connectivity index (χ2v) is 7.27. The summed E-state index contributed by atoms with van der Waals surface area (Å²) in [5.41, 5.74) is 6.14. The summed E-state index contributed by atoms with van der Waals surface area (Å²) in [6, 6.07) is 4.08. The Morgan fingerprint density at radius 3 is 2.53 bits per heavy atom. The molecule has 0 saturated heterocycles. The molecule has 1 atom stereocenters. The predicted octanol–water partition coefficient (Wildman–Crippen LogP) is 3.97. The Morgan fingerprint density at radius 1 is 1.09 bits per heavy atom. The number of ether oxygens (including phenoxy) is 2. The molecule has 0 saturated carbocycles. The van der Waals surface area contributed by atoms with Gasteiger partial charge in [-0.15, -0.1) is 0 Å². The molecule has 1 aromatic carbocycles. The number of hydrogen-bond donors (Lipinski definition) is 2. The molecular formula is C23H32N4O5. The van der Waals surface area contributed by atoms with E-state index in [2.05, 4.69) is 17.2 Å². The number of unbranched alkanes of at least 4 members (excludes halogenated alkanes) is 3. The lowest BCUT2D eigenvalue weighted by Gasteiger charge is -2.16. The van der Waals surface area contributed by atoms with Gasteiger partial charge in [-0.1, -0.05) is 38.7 Å². The molecule has 0 spiro atoms. The molecule has 1 aromatic heterocycles. The number of nitrogens with one attached hydrogen (secondary N) is 1. The summed E-state index contributed by atoms with van der Waals surface area (Å²) in [6.07, 6.45) is 7.79. The Bertz CT molecular complexity index is 925. The van der Waals surface area contributed by atoms with Gasteiger partial charge < -0.3 is 25.1 Å². The number of aromatic nitrogens is 2. The Labute approximate surface area is 188 Å². The normalized spacial score (nSPS) is 11.6. The van der Waals surface area contributed by atoms with Gasteiger partial charge in [-0.3, -0.25) is 4.79 Å². The number of nitrogens with zero attached hydrogens (tertiary/aromatic N) is 2. The number of imidazole rings is 1. The van der Waals surface area contributed by atoms with Gasteiger partial charge in [0, 0.05) is 11.9 Å². The fraction of sp³-hybridized carbons (Fsp3) is 0.478. The lowest BCUT2D eigenvalue weighted by atomic mass is 10.0. The van der Waals surface area contributed by atoms with Crippen molar-refractivity contribution >= 4 is 29.4 Å². The van der Waals surface area contributed by atoms with Crippen molar-refractivity contribution in [1.82, 2.24) is 9.55 Å². The van der Waals surface area contributed by atoms with Crippen LogP contribution in [0.25, 0.3) is 0 Å². The number of nitrogen functional groups attached to an aromatic ring is 1. The van der Waals surface area contributed by atoms with E-state index in [1.54, 1.807) is 30.7 Å². The zero-order valence-electron chi connectivity index (χ0n) is 18.9. The molecule has 0 aliphatic rings. The largest absolute Gasteiger partial charge is 0.464 e. The highest BCUT2D eigenvalue weighted by Gasteiger charge is 2.24. The molecule has 1 heterocycles. The van der Waals surface area contributed by atoms with E-state index in [0.29, 0.717) is 6.42 Å². The maximum atomic E-state index is 12.8. The Morgan fingerprint density at radius 2 is 1.84 bits per heavy atom. The van der Waals surface area contributed by atoms with E-state index in [1.165, 1.54) is 18.5 Å². The number of hydrogen-bond acceptors (Lipinski definition) is 7. The highest BCUT2D eigenvalue weighted by atomic mass is 16.5. The van der Waals surface area contributed by atoms with Gasteiger partial charge in [0.2, 0.25) is 0 Å². The van der Waals surface area contributed by atoms with E-state index < -0.39 is 17.9 Å². The van der Waals surface area contributed by atoms with Gasteiger partial charge in [0.15, 0.2) is 5.82 Å². The zero-order chi connectivity index (χ0) is 23.5. The van der Waals surface area contributed by atoms with Crippen LogP contribution in [0.3, 0.4) is 0 Å². The van der Waals surface area contributed by atoms with E-state index in [0.717, 1.165) is 25.7 Å². The Hall–Kier alpha value is -3.36. The first-order valence-corrected chi connectivity index (χ1v) is 11.0. The van der Waals surface area contributed by atoms with Crippen molar-refractivity contribution in [3.05, 3.63) is 41.9 Å². The molecule has 174 valence electrons. The summed E-state index contributed by atoms with van der Waals surface area (Å²) >= 11 is 0. The Kier molecular flexibility index (Phi) is 9.72. The van der Waals surface area contributed by atoms with Crippen LogP contribution in [0.2, 0.25) is 0 Å². The molecule has 0 aliphatic carbocycles. The molecule has 0 fully saturated rings. The fourth-order valence-corrected chi connectivity index (χ4v) is 3.34. The minimum Gasteiger partial charge on any atom is -0.464 e. The first-order chi connectivity index (χ1) is 15.4. The third-order valence-corrected chi connectivity index (χ3v) is 4.91. The van der Waals surface area contributed by atoms with Crippen LogP contribution in [-0.2, 0) is 14.3 Å². The first-order valence-electron chi connectivity index (χ1n) is 11.0. The van der Waals surface area contributed by atoms with E-state index in [-0.39, 0.29) is 41.8 Å². The molecule has 1 unspecified atom stereocenters. The minimum atomic E-state index is -0.671. The van der Waals surface area contributed by atoms with Crippen molar-refractivity contribution in [1.29, 1.82) is 0 Å². The van der Waals surface area contributed by atoms with Crippen LogP contribution in [0, 0.1) is 0 Å². The molecule has 9 nitrogen and oxygen atoms in total. The van der Waals surface area contributed by atoms with Crippen molar-refractivity contribution in [3.63, 3.8) is 0 Å². The summed E-state index contributed by atoms with van der Waals surface area (Å²) in [5, 5.41) is 2.66. The minimum absolute atomic E-state index is 0.00612. The molecular weight excluding hydrogens is 412 g/mol. The summed E-state index contributed by atoms with van der Waals surface area (Å²) < 4.78 is 11.9. The van der Waals surface area contributed by atoms with E-state index in [9.17, 15) is 14.4 Å². The number of amides is 1. The second kappa shape index (κ2) is 12.5. The molecule has 0 bridgehead atoms. The average Bonchev–Trinajstić information content (AvgIpc) is 3.21. The maximum Gasteiger partial charge on any atom is 0.341 e. The molecule has 3 N–H and O–H groups in total. The number of rotatable bonds is 12. The summed E-state index contributed by atoms with van der Waals surface area (Å²) in [6.45, 7) is 6.01. The number of esters is 2. The smallest absolute Gasteiger partial charge is 0.341 e. The van der Waals surface area contributed by atoms with Crippen molar-refractivity contribution < 1.29 is 23.9 Å². The third-order valence-electron chi connectivity index (χ3n) is 4.91. The van der Waals surface area contributed by atoms with Crippen molar-refractivity contribution in [2.24, 2.45) is 0 Å². The highest BCUT2D eigenvalue weighted by molar-refractivity contribution is 6.12. The standard InChI is InChI=1S/C23H32N4O5/c1-4-7-8-9-13-18(22(29)31-5-2)27-14-19(25-15-27)26-21(28)16-11-10-12-17(24)20(16)23(30)32-6-3/h10-12,14-15,18H,4-9,13,24H2,1-3H3,(H,26,28). The first kappa shape index (κ1) is 24.9. The van der Waals surface area contributed by atoms with Crippen molar-refractivity contribution in [3.8, 4) is 0 Å². The molecule has 2 aromatic rings. The summed E-state index contributed by atoms with van der Waals surface area (Å²) in [4.78, 5) is 41.8. The highest BCUT2D eigenvalue weighted by Crippen LogP contribution is 2.22. The van der Waals surface area contributed by atoms with Crippen LogP contribution in [0.5, 0.6) is 0 Å². The van der Waals surface area contributed by atoms with E-state index >= 15 is 0 Å².